The molecule has 1 amide bonds. The molecule has 0 saturated carbocycles. The Hall–Kier alpha value is -3.53. The standard InChI is InChI=1S/C24H23F3N2O4S/c1-3-33-21-12-10-19(11-13-21)28-23(30)16-29(20-8-5-7-18(15-20)24(25,26)27)34(31,32)22-9-4-6-17(2)14-22/h4-15H,3,16H2,1-2H3,(H,28,30). The van der Waals surface area contributed by atoms with Gasteiger partial charge in [-0.1, -0.05) is 18.2 Å². The van der Waals surface area contributed by atoms with Gasteiger partial charge in [-0.2, -0.15) is 13.2 Å². The number of alkyl halides is 3. The van der Waals surface area contributed by atoms with E-state index in [1.54, 1.807) is 37.3 Å². The van der Waals surface area contributed by atoms with Crippen LogP contribution in [-0.2, 0) is 21.0 Å². The molecule has 3 aromatic rings. The van der Waals surface area contributed by atoms with Crippen LogP contribution >= 0.6 is 0 Å². The molecular weight excluding hydrogens is 469 g/mol. The lowest BCUT2D eigenvalue weighted by atomic mass is 10.2. The second-order valence-electron chi connectivity index (χ2n) is 7.38. The Kier molecular flexibility index (Phi) is 7.51. The first kappa shape index (κ1) is 25.1. The van der Waals surface area contributed by atoms with Gasteiger partial charge in [-0.25, -0.2) is 8.42 Å². The lowest BCUT2D eigenvalue weighted by molar-refractivity contribution is -0.137. The molecule has 3 rings (SSSR count). The van der Waals surface area contributed by atoms with Crippen LogP contribution in [0.25, 0.3) is 0 Å². The molecule has 0 aliphatic rings. The quantitative estimate of drug-likeness (QED) is 0.466. The van der Waals surface area contributed by atoms with Gasteiger partial charge in [-0.3, -0.25) is 9.10 Å². The third-order valence-corrected chi connectivity index (χ3v) is 6.55. The van der Waals surface area contributed by atoms with E-state index in [-0.39, 0.29) is 10.6 Å². The molecule has 0 bridgehead atoms. The molecule has 10 heteroatoms. The Morgan fingerprint density at radius 1 is 1.00 bits per heavy atom. The first-order valence-electron chi connectivity index (χ1n) is 10.3. The SMILES string of the molecule is CCOc1ccc(NC(=O)CN(c2cccc(C(F)(F)F)c2)S(=O)(=O)c2cccc(C)c2)cc1. The number of sulfonamides is 1. The molecule has 3 aromatic carbocycles. The summed E-state index contributed by atoms with van der Waals surface area (Å²) in [4.78, 5) is 12.6. The van der Waals surface area contributed by atoms with Crippen LogP contribution in [0.15, 0.2) is 77.7 Å². The minimum Gasteiger partial charge on any atom is -0.494 e. The van der Waals surface area contributed by atoms with Crippen molar-refractivity contribution in [3.8, 4) is 5.75 Å². The van der Waals surface area contributed by atoms with Gasteiger partial charge in [0, 0.05) is 5.69 Å². The minimum atomic E-state index is -4.68. The number of anilines is 2. The highest BCUT2D eigenvalue weighted by molar-refractivity contribution is 7.92. The van der Waals surface area contributed by atoms with Crippen molar-refractivity contribution < 1.29 is 31.1 Å². The van der Waals surface area contributed by atoms with Crippen LogP contribution in [0, 0.1) is 6.92 Å². The maximum Gasteiger partial charge on any atom is 0.416 e. The lowest BCUT2D eigenvalue weighted by Crippen LogP contribution is -2.38. The zero-order chi connectivity index (χ0) is 24.9. The molecule has 0 unspecified atom stereocenters. The van der Waals surface area contributed by atoms with Crippen LogP contribution in [0.2, 0.25) is 0 Å². The molecular formula is C24H23F3N2O4S. The van der Waals surface area contributed by atoms with Gasteiger partial charge in [-0.15, -0.1) is 0 Å². The van der Waals surface area contributed by atoms with Crippen molar-refractivity contribution >= 4 is 27.3 Å². The zero-order valence-corrected chi connectivity index (χ0v) is 19.3. The Morgan fingerprint density at radius 3 is 2.29 bits per heavy atom. The molecule has 0 aliphatic heterocycles. The van der Waals surface area contributed by atoms with Gasteiger partial charge < -0.3 is 10.1 Å². The third kappa shape index (κ3) is 6.07. The topological polar surface area (TPSA) is 75.7 Å². The van der Waals surface area contributed by atoms with Gasteiger partial charge in [0.25, 0.3) is 10.0 Å². The van der Waals surface area contributed by atoms with E-state index in [2.05, 4.69) is 5.32 Å². The molecule has 0 radical (unpaired) electrons. The van der Waals surface area contributed by atoms with Crippen molar-refractivity contribution in [1.29, 1.82) is 0 Å². The highest BCUT2D eigenvalue weighted by atomic mass is 32.2. The van der Waals surface area contributed by atoms with E-state index in [1.165, 1.54) is 24.3 Å². The van der Waals surface area contributed by atoms with Crippen molar-refractivity contribution in [3.63, 3.8) is 0 Å². The predicted octanol–water partition coefficient (Wildman–Crippen LogP) is 5.25. The number of hydrogen-bond donors (Lipinski definition) is 1. The molecule has 0 heterocycles. The molecule has 0 spiro atoms. The van der Waals surface area contributed by atoms with Gasteiger partial charge in [0.1, 0.15) is 12.3 Å². The van der Waals surface area contributed by atoms with Crippen LogP contribution in [0.5, 0.6) is 5.75 Å². The second kappa shape index (κ2) is 10.2. The van der Waals surface area contributed by atoms with Gasteiger partial charge >= 0.3 is 6.18 Å². The summed E-state index contributed by atoms with van der Waals surface area (Å²) >= 11 is 0. The summed E-state index contributed by atoms with van der Waals surface area (Å²) in [6.07, 6.45) is -4.68. The van der Waals surface area contributed by atoms with Crippen molar-refractivity contribution in [2.45, 2.75) is 24.9 Å². The second-order valence-corrected chi connectivity index (χ2v) is 9.24. The molecule has 1 N–H and O–H groups in total. The lowest BCUT2D eigenvalue weighted by Gasteiger charge is -2.25. The number of rotatable bonds is 8. The minimum absolute atomic E-state index is 0.140. The number of aryl methyl sites for hydroxylation is 1. The maximum atomic E-state index is 13.4. The number of carbonyl (C=O) groups excluding carboxylic acids is 1. The van der Waals surface area contributed by atoms with Gasteiger partial charge in [0.15, 0.2) is 0 Å². The molecule has 0 fully saturated rings. The molecule has 180 valence electrons. The largest absolute Gasteiger partial charge is 0.494 e. The maximum absolute atomic E-state index is 13.4. The van der Waals surface area contributed by atoms with Gasteiger partial charge in [0.2, 0.25) is 5.91 Å². The average Bonchev–Trinajstić information content (AvgIpc) is 2.78. The molecule has 34 heavy (non-hydrogen) atoms. The van der Waals surface area contributed by atoms with E-state index in [9.17, 15) is 26.4 Å². The Bertz CT molecular complexity index is 1260. The number of nitrogens with zero attached hydrogens (tertiary/aromatic N) is 1. The van der Waals surface area contributed by atoms with E-state index in [0.29, 0.717) is 34.0 Å². The summed E-state index contributed by atoms with van der Waals surface area (Å²) in [5.41, 5.74) is -0.283. The van der Waals surface area contributed by atoms with E-state index < -0.39 is 34.2 Å². The van der Waals surface area contributed by atoms with Gasteiger partial charge in [0.05, 0.1) is 22.8 Å². The summed E-state index contributed by atoms with van der Waals surface area (Å²) in [5, 5.41) is 2.57. The first-order valence-corrected chi connectivity index (χ1v) is 11.7. The molecule has 0 atom stereocenters. The zero-order valence-electron chi connectivity index (χ0n) is 18.5. The van der Waals surface area contributed by atoms with Crippen molar-refractivity contribution in [1.82, 2.24) is 0 Å². The monoisotopic (exact) mass is 492 g/mol. The van der Waals surface area contributed by atoms with E-state index in [0.717, 1.165) is 12.1 Å². The number of halogens is 3. The smallest absolute Gasteiger partial charge is 0.416 e. The predicted molar refractivity (Wildman–Crippen MR) is 123 cm³/mol. The number of carbonyl (C=O) groups is 1. The number of ether oxygens (including phenoxy) is 1. The van der Waals surface area contributed by atoms with Crippen molar-refractivity contribution in [3.05, 3.63) is 83.9 Å². The van der Waals surface area contributed by atoms with Crippen LogP contribution in [-0.4, -0.2) is 27.5 Å². The summed E-state index contributed by atoms with van der Waals surface area (Å²) in [6, 6.07) is 16.2. The van der Waals surface area contributed by atoms with Crippen LogP contribution in [0.3, 0.4) is 0 Å². The van der Waals surface area contributed by atoms with Crippen LogP contribution in [0.4, 0.5) is 24.5 Å². The van der Waals surface area contributed by atoms with E-state index in [4.69, 9.17) is 4.74 Å². The fourth-order valence-electron chi connectivity index (χ4n) is 3.19. The summed E-state index contributed by atoms with van der Waals surface area (Å²) < 4.78 is 72.7. The molecule has 0 saturated heterocycles. The first-order chi connectivity index (χ1) is 16.0. The van der Waals surface area contributed by atoms with Crippen molar-refractivity contribution in [2.24, 2.45) is 0 Å². The van der Waals surface area contributed by atoms with E-state index in [1.807, 2.05) is 6.92 Å². The van der Waals surface area contributed by atoms with Crippen LogP contribution < -0.4 is 14.4 Å². The number of hydrogen-bond acceptors (Lipinski definition) is 4. The highest BCUT2D eigenvalue weighted by Crippen LogP contribution is 2.33. The number of amides is 1. The normalized spacial score (nSPS) is 11.7. The van der Waals surface area contributed by atoms with Crippen molar-refractivity contribution in [2.75, 3.05) is 22.8 Å². The van der Waals surface area contributed by atoms with Crippen LogP contribution in [0.1, 0.15) is 18.1 Å². The number of benzene rings is 3. The summed E-state index contributed by atoms with van der Waals surface area (Å²) in [5.74, 6) is -0.133. The molecule has 0 aromatic heterocycles. The summed E-state index contributed by atoms with van der Waals surface area (Å²) in [7, 11) is -4.36. The third-order valence-electron chi connectivity index (χ3n) is 4.78. The fourth-order valence-corrected chi connectivity index (χ4v) is 4.71. The Balaban J connectivity index is 1.96. The Morgan fingerprint density at radius 2 is 1.68 bits per heavy atom. The molecule has 6 nitrogen and oxygen atoms in total. The van der Waals surface area contributed by atoms with E-state index >= 15 is 0 Å². The highest BCUT2D eigenvalue weighted by Gasteiger charge is 2.33. The van der Waals surface area contributed by atoms with Gasteiger partial charge in [-0.05, 0) is 74.0 Å². The average molecular weight is 493 g/mol. The fraction of sp³-hybridized carbons (Fsp3) is 0.208. The number of nitrogens with one attached hydrogen (secondary N) is 1. The Labute approximate surface area is 196 Å². The summed E-state index contributed by atoms with van der Waals surface area (Å²) in [6.45, 7) is 3.25. The molecule has 0 aliphatic carbocycles.